The minimum absolute atomic E-state index is 0.146. The summed E-state index contributed by atoms with van der Waals surface area (Å²) in [6.45, 7) is 3.13. The topological polar surface area (TPSA) is 116 Å². The molecule has 0 saturated heterocycles. The lowest BCUT2D eigenvalue weighted by molar-refractivity contribution is -0.139. The van der Waals surface area contributed by atoms with E-state index in [-0.39, 0.29) is 30.0 Å². The Labute approximate surface area is 173 Å². The number of methoxy groups -OCH3 is 1. The maximum Gasteiger partial charge on any atom is 0.342 e. The zero-order valence-corrected chi connectivity index (χ0v) is 16.8. The average molecular weight is 414 g/mol. The predicted octanol–water partition coefficient (Wildman–Crippen LogP) is 2.62. The van der Waals surface area contributed by atoms with Crippen LogP contribution < -0.4 is 15.4 Å². The van der Waals surface area contributed by atoms with E-state index in [9.17, 15) is 14.4 Å². The summed E-state index contributed by atoms with van der Waals surface area (Å²) in [4.78, 5) is 37.3. The van der Waals surface area contributed by atoms with Gasteiger partial charge in [-0.2, -0.15) is 0 Å². The summed E-state index contributed by atoms with van der Waals surface area (Å²) >= 11 is 0. The summed E-state index contributed by atoms with van der Waals surface area (Å²) in [6.07, 6.45) is 1.38. The molecule has 0 radical (unpaired) electrons. The fourth-order valence-corrected chi connectivity index (χ4v) is 3.04. The number of furan rings is 1. The second kappa shape index (κ2) is 9.17. The fraction of sp³-hybridized carbons (Fsp3) is 0.286. The van der Waals surface area contributed by atoms with Crippen LogP contribution in [0.4, 0.5) is 4.79 Å². The highest BCUT2D eigenvalue weighted by molar-refractivity contribution is 5.95. The van der Waals surface area contributed by atoms with Crippen molar-refractivity contribution in [2.75, 3.05) is 20.3 Å². The monoisotopic (exact) mass is 414 g/mol. The number of aryl methyl sites for hydroxylation is 1. The van der Waals surface area contributed by atoms with Gasteiger partial charge in [-0.1, -0.05) is 12.1 Å². The molecule has 1 aromatic heterocycles. The second-order valence-electron chi connectivity index (χ2n) is 6.38. The summed E-state index contributed by atoms with van der Waals surface area (Å²) in [5, 5.41) is 5.26. The molecule has 1 aliphatic heterocycles. The van der Waals surface area contributed by atoms with Crippen LogP contribution in [0.3, 0.4) is 0 Å². The summed E-state index contributed by atoms with van der Waals surface area (Å²) in [6, 6.07) is 7.06. The standard InChI is InChI=1S/C21H22N2O7/c1-4-28-20(25)17-16(11-30-19(24)15-9-10-29-12(15)2)22-21(26)23-18(17)13-5-7-14(27-3)8-6-13/h5-10,18H,4,11H2,1-3H3,(H2,22,23,26). The highest BCUT2D eigenvalue weighted by Gasteiger charge is 2.34. The number of carbonyl (C=O) groups excluding carboxylic acids is 3. The predicted molar refractivity (Wildman–Crippen MR) is 105 cm³/mol. The number of benzene rings is 1. The number of carbonyl (C=O) groups is 3. The zero-order chi connectivity index (χ0) is 21.7. The van der Waals surface area contributed by atoms with Crippen molar-refractivity contribution in [2.24, 2.45) is 0 Å². The molecule has 0 bridgehead atoms. The van der Waals surface area contributed by atoms with Gasteiger partial charge in [0, 0.05) is 0 Å². The minimum Gasteiger partial charge on any atom is -0.497 e. The lowest BCUT2D eigenvalue weighted by Gasteiger charge is -2.29. The van der Waals surface area contributed by atoms with Crippen LogP contribution in [0.1, 0.15) is 34.6 Å². The van der Waals surface area contributed by atoms with Crippen molar-refractivity contribution in [3.05, 3.63) is 64.8 Å². The number of hydrogen-bond acceptors (Lipinski definition) is 7. The van der Waals surface area contributed by atoms with Crippen LogP contribution in [-0.2, 0) is 14.3 Å². The van der Waals surface area contributed by atoms with E-state index < -0.39 is 24.0 Å². The van der Waals surface area contributed by atoms with Gasteiger partial charge in [0.1, 0.15) is 23.7 Å². The van der Waals surface area contributed by atoms with Gasteiger partial charge < -0.3 is 29.3 Å². The van der Waals surface area contributed by atoms with Crippen LogP contribution in [0.5, 0.6) is 5.75 Å². The largest absolute Gasteiger partial charge is 0.497 e. The first-order valence-corrected chi connectivity index (χ1v) is 9.27. The number of ether oxygens (including phenoxy) is 3. The molecule has 0 fully saturated rings. The second-order valence-corrected chi connectivity index (χ2v) is 6.38. The third-order valence-electron chi connectivity index (χ3n) is 4.52. The molecule has 30 heavy (non-hydrogen) atoms. The smallest absolute Gasteiger partial charge is 0.342 e. The number of hydrogen-bond donors (Lipinski definition) is 2. The first kappa shape index (κ1) is 21.0. The molecule has 2 heterocycles. The molecule has 2 amide bonds. The lowest BCUT2D eigenvalue weighted by atomic mass is 9.95. The van der Waals surface area contributed by atoms with Crippen LogP contribution in [0.25, 0.3) is 0 Å². The van der Waals surface area contributed by atoms with E-state index in [4.69, 9.17) is 18.6 Å². The van der Waals surface area contributed by atoms with Gasteiger partial charge in [-0.15, -0.1) is 0 Å². The van der Waals surface area contributed by atoms with E-state index >= 15 is 0 Å². The molecule has 1 aliphatic rings. The Kier molecular flexibility index (Phi) is 6.41. The Morgan fingerprint density at radius 3 is 2.43 bits per heavy atom. The molecule has 2 N–H and O–H groups in total. The van der Waals surface area contributed by atoms with Crippen LogP contribution in [0.15, 0.2) is 52.3 Å². The minimum atomic E-state index is -0.784. The maximum atomic E-state index is 12.7. The van der Waals surface area contributed by atoms with Crippen LogP contribution >= 0.6 is 0 Å². The van der Waals surface area contributed by atoms with Crippen molar-refractivity contribution in [3.8, 4) is 5.75 Å². The molecule has 158 valence electrons. The normalized spacial score (nSPS) is 15.8. The first-order valence-electron chi connectivity index (χ1n) is 9.27. The van der Waals surface area contributed by atoms with Crippen molar-refractivity contribution < 1.29 is 33.0 Å². The molecule has 1 unspecified atom stereocenters. The Morgan fingerprint density at radius 1 is 1.10 bits per heavy atom. The molecule has 9 heteroatoms. The summed E-state index contributed by atoms with van der Waals surface area (Å²) in [7, 11) is 1.54. The van der Waals surface area contributed by atoms with E-state index in [0.717, 1.165) is 0 Å². The quantitative estimate of drug-likeness (QED) is 0.669. The highest BCUT2D eigenvalue weighted by Crippen LogP contribution is 2.29. The molecule has 1 aromatic carbocycles. The van der Waals surface area contributed by atoms with Gasteiger partial charge in [0.2, 0.25) is 0 Å². The first-order chi connectivity index (χ1) is 14.4. The van der Waals surface area contributed by atoms with E-state index in [2.05, 4.69) is 10.6 Å². The number of urea groups is 1. The molecule has 1 atom stereocenters. The SMILES string of the molecule is CCOC(=O)C1=C(COC(=O)c2ccoc2C)NC(=O)NC1c1ccc(OC)cc1. The molecule has 2 aromatic rings. The van der Waals surface area contributed by atoms with E-state index in [1.165, 1.54) is 12.3 Å². The molecular weight excluding hydrogens is 392 g/mol. The van der Waals surface area contributed by atoms with Gasteiger partial charge in [0.05, 0.1) is 37.3 Å². The Bertz CT molecular complexity index is 975. The van der Waals surface area contributed by atoms with Crippen molar-refractivity contribution in [3.63, 3.8) is 0 Å². The van der Waals surface area contributed by atoms with E-state index in [0.29, 0.717) is 17.1 Å². The highest BCUT2D eigenvalue weighted by atomic mass is 16.5. The summed E-state index contributed by atoms with van der Waals surface area (Å²) in [5.41, 5.74) is 1.20. The number of esters is 2. The van der Waals surface area contributed by atoms with Crippen molar-refractivity contribution in [1.29, 1.82) is 0 Å². The van der Waals surface area contributed by atoms with Crippen LogP contribution in [0.2, 0.25) is 0 Å². The Balaban J connectivity index is 1.93. The molecule has 9 nitrogen and oxygen atoms in total. The molecule has 0 saturated carbocycles. The van der Waals surface area contributed by atoms with E-state index in [1.54, 1.807) is 45.2 Å². The fourth-order valence-electron chi connectivity index (χ4n) is 3.04. The van der Waals surface area contributed by atoms with Gasteiger partial charge in [0.25, 0.3) is 0 Å². The third kappa shape index (κ3) is 4.45. The number of nitrogens with one attached hydrogen (secondary N) is 2. The van der Waals surface area contributed by atoms with Gasteiger partial charge in [0.15, 0.2) is 0 Å². The molecule has 0 aliphatic carbocycles. The summed E-state index contributed by atoms with van der Waals surface area (Å²) < 4.78 is 20.7. The molecule has 0 spiro atoms. The summed E-state index contributed by atoms with van der Waals surface area (Å²) in [5.74, 6) is -0.225. The molecule has 3 rings (SSSR count). The number of amides is 2. The van der Waals surface area contributed by atoms with Gasteiger partial charge >= 0.3 is 18.0 Å². The Hall–Kier alpha value is -3.75. The van der Waals surface area contributed by atoms with Crippen molar-refractivity contribution in [2.45, 2.75) is 19.9 Å². The average Bonchev–Trinajstić information content (AvgIpc) is 3.17. The van der Waals surface area contributed by atoms with E-state index in [1.807, 2.05) is 0 Å². The molecular formula is C21H22N2O7. The van der Waals surface area contributed by atoms with Crippen LogP contribution in [-0.4, -0.2) is 38.3 Å². The lowest BCUT2D eigenvalue weighted by Crippen LogP contribution is -2.47. The third-order valence-corrected chi connectivity index (χ3v) is 4.52. The zero-order valence-electron chi connectivity index (χ0n) is 16.8. The van der Waals surface area contributed by atoms with Gasteiger partial charge in [-0.05, 0) is 37.6 Å². The maximum absolute atomic E-state index is 12.7. The van der Waals surface area contributed by atoms with Crippen molar-refractivity contribution in [1.82, 2.24) is 10.6 Å². The van der Waals surface area contributed by atoms with Gasteiger partial charge in [-0.3, -0.25) is 0 Å². The Morgan fingerprint density at radius 2 is 1.83 bits per heavy atom. The van der Waals surface area contributed by atoms with Gasteiger partial charge in [-0.25, -0.2) is 14.4 Å². The van der Waals surface area contributed by atoms with Crippen LogP contribution in [0, 0.1) is 6.92 Å². The number of rotatable bonds is 7. The van der Waals surface area contributed by atoms with Crippen molar-refractivity contribution >= 4 is 18.0 Å².